The van der Waals surface area contributed by atoms with Crippen molar-refractivity contribution in [3.63, 3.8) is 0 Å². The van der Waals surface area contributed by atoms with Crippen molar-refractivity contribution in [1.29, 1.82) is 0 Å². The topological polar surface area (TPSA) is 95.0 Å². The molecule has 1 unspecified atom stereocenters. The van der Waals surface area contributed by atoms with Crippen LogP contribution in [0, 0.1) is 0 Å². The van der Waals surface area contributed by atoms with Crippen molar-refractivity contribution < 1.29 is 23.1 Å². The number of amides is 2. The summed E-state index contributed by atoms with van der Waals surface area (Å²) in [5.41, 5.74) is 0.400. The first kappa shape index (κ1) is 18.0. The lowest BCUT2D eigenvalue weighted by Crippen LogP contribution is -2.44. The molecule has 7 nitrogen and oxygen atoms in total. The lowest BCUT2D eigenvalue weighted by molar-refractivity contribution is -0.121. The van der Waals surface area contributed by atoms with E-state index in [1.54, 1.807) is 0 Å². The molecule has 8 heteroatoms. The second kappa shape index (κ2) is 7.23. The van der Waals surface area contributed by atoms with Crippen molar-refractivity contribution in [2.75, 3.05) is 18.1 Å². The molecule has 1 atom stereocenters. The molecule has 1 aromatic carbocycles. The average molecular weight is 366 g/mol. The van der Waals surface area contributed by atoms with Crippen LogP contribution in [0.1, 0.15) is 38.5 Å². The number of hydrogen-bond acceptors (Lipinski definition) is 5. The van der Waals surface area contributed by atoms with Crippen molar-refractivity contribution in [3.8, 4) is 0 Å². The number of carbonyl (C=O) groups excluding carboxylic acids is 2. The molecule has 0 radical (unpaired) electrons. The van der Waals surface area contributed by atoms with Crippen LogP contribution in [0.15, 0.2) is 29.2 Å². The van der Waals surface area contributed by atoms with E-state index in [9.17, 15) is 23.1 Å². The van der Waals surface area contributed by atoms with Crippen LogP contribution in [0.5, 0.6) is 0 Å². The van der Waals surface area contributed by atoms with E-state index < -0.39 is 10.0 Å². The van der Waals surface area contributed by atoms with E-state index in [1.807, 2.05) is 0 Å². The molecule has 0 bridgehead atoms. The number of hydrogen-bond donors (Lipinski definition) is 1. The molecule has 25 heavy (non-hydrogen) atoms. The van der Waals surface area contributed by atoms with E-state index in [2.05, 4.69) is 0 Å². The highest BCUT2D eigenvalue weighted by atomic mass is 32.2. The highest BCUT2D eigenvalue weighted by molar-refractivity contribution is 7.89. The minimum atomic E-state index is -3.67. The summed E-state index contributed by atoms with van der Waals surface area (Å²) in [6.07, 6.45) is 3.30. The van der Waals surface area contributed by atoms with Gasteiger partial charge in [-0.1, -0.05) is 6.42 Å². The van der Waals surface area contributed by atoms with E-state index in [4.69, 9.17) is 0 Å². The van der Waals surface area contributed by atoms with Crippen LogP contribution < -0.4 is 4.90 Å². The number of rotatable bonds is 5. The van der Waals surface area contributed by atoms with Gasteiger partial charge in [0.1, 0.15) is 0 Å². The van der Waals surface area contributed by atoms with Crippen LogP contribution in [0.2, 0.25) is 0 Å². The molecule has 0 aliphatic carbocycles. The molecule has 2 saturated heterocycles. The fourth-order valence-corrected chi connectivity index (χ4v) is 5.22. The van der Waals surface area contributed by atoms with Gasteiger partial charge in [-0.2, -0.15) is 4.31 Å². The standard InChI is InChI=1S/C17H22N2O5S/c20-12-10-13-3-1-2-11-18(13)25(23,24)15-6-4-14(5-7-15)19-16(21)8-9-17(19)22/h4-7,13,20H,1-3,8-12H2. The van der Waals surface area contributed by atoms with Crippen molar-refractivity contribution in [2.45, 2.75) is 49.5 Å². The Morgan fingerprint density at radius 1 is 1.04 bits per heavy atom. The number of anilines is 1. The summed E-state index contributed by atoms with van der Waals surface area (Å²) in [7, 11) is -3.67. The van der Waals surface area contributed by atoms with Crippen molar-refractivity contribution in [1.82, 2.24) is 4.31 Å². The summed E-state index contributed by atoms with van der Waals surface area (Å²) in [6.45, 7) is 0.395. The van der Waals surface area contributed by atoms with Crippen molar-refractivity contribution in [2.24, 2.45) is 0 Å². The number of nitrogens with zero attached hydrogens (tertiary/aromatic N) is 2. The fraction of sp³-hybridized carbons (Fsp3) is 0.529. The summed E-state index contributed by atoms with van der Waals surface area (Å²) < 4.78 is 27.3. The zero-order valence-corrected chi connectivity index (χ0v) is 14.7. The van der Waals surface area contributed by atoms with Crippen LogP contribution in [0.4, 0.5) is 5.69 Å². The second-order valence-corrected chi connectivity index (χ2v) is 8.28. The van der Waals surface area contributed by atoms with Gasteiger partial charge in [-0.15, -0.1) is 0 Å². The molecular weight excluding hydrogens is 344 g/mol. The molecule has 0 aromatic heterocycles. The first-order chi connectivity index (χ1) is 11.9. The Hall–Kier alpha value is -1.77. The Morgan fingerprint density at radius 2 is 1.68 bits per heavy atom. The Morgan fingerprint density at radius 3 is 2.28 bits per heavy atom. The number of aliphatic hydroxyl groups is 1. The van der Waals surface area contributed by atoms with Gasteiger partial charge in [0.2, 0.25) is 21.8 Å². The van der Waals surface area contributed by atoms with Gasteiger partial charge in [-0.25, -0.2) is 8.42 Å². The van der Waals surface area contributed by atoms with Gasteiger partial charge in [-0.05, 0) is 43.5 Å². The molecule has 1 N–H and O–H groups in total. The van der Waals surface area contributed by atoms with E-state index in [1.165, 1.54) is 28.6 Å². The maximum atomic E-state index is 12.9. The van der Waals surface area contributed by atoms with Crippen molar-refractivity contribution >= 4 is 27.5 Å². The second-order valence-electron chi connectivity index (χ2n) is 6.39. The molecule has 0 saturated carbocycles. The maximum absolute atomic E-state index is 12.9. The molecule has 3 rings (SSSR count). The lowest BCUT2D eigenvalue weighted by Gasteiger charge is -2.34. The Bertz CT molecular complexity index is 742. The summed E-state index contributed by atoms with van der Waals surface area (Å²) in [5, 5.41) is 9.19. The maximum Gasteiger partial charge on any atom is 0.243 e. The predicted octanol–water partition coefficient (Wildman–Crippen LogP) is 1.27. The van der Waals surface area contributed by atoms with E-state index in [0.717, 1.165) is 24.2 Å². The largest absolute Gasteiger partial charge is 0.396 e. The zero-order valence-electron chi connectivity index (χ0n) is 13.9. The van der Waals surface area contributed by atoms with Gasteiger partial charge in [0, 0.05) is 32.0 Å². The zero-order chi connectivity index (χ0) is 18.0. The Kier molecular flexibility index (Phi) is 5.21. The molecule has 2 amide bonds. The smallest absolute Gasteiger partial charge is 0.243 e. The van der Waals surface area contributed by atoms with Gasteiger partial charge in [-0.3, -0.25) is 14.5 Å². The average Bonchev–Trinajstić information content (AvgIpc) is 2.94. The SMILES string of the molecule is O=C1CCC(=O)N1c1ccc(S(=O)(=O)N2CCCCC2CCO)cc1. The highest BCUT2D eigenvalue weighted by Gasteiger charge is 2.34. The van der Waals surface area contributed by atoms with E-state index in [0.29, 0.717) is 18.7 Å². The number of imide groups is 1. The number of piperidine rings is 1. The fourth-order valence-electron chi connectivity index (χ4n) is 3.50. The third kappa shape index (κ3) is 3.47. The summed E-state index contributed by atoms with van der Waals surface area (Å²) in [5.74, 6) is -0.528. The summed E-state index contributed by atoms with van der Waals surface area (Å²) in [6, 6.07) is 5.69. The normalized spacial score (nSPS) is 22.6. The number of carbonyl (C=O) groups is 2. The van der Waals surface area contributed by atoms with Gasteiger partial charge in [0.15, 0.2) is 0 Å². The molecule has 136 valence electrons. The predicted molar refractivity (Wildman–Crippen MR) is 91.4 cm³/mol. The van der Waals surface area contributed by atoms with E-state index >= 15 is 0 Å². The molecular formula is C17H22N2O5S. The van der Waals surface area contributed by atoms with Crippen LogP contribution in [-0.4, -0.2) is 48.8 Å². The Balaban J connectivity index is 1.85. The minimum Gasteiger partial charge on any atom is -0.396 e. The van der Waals surface area contributed by atoms with Crippen LogP contribution in [-0.2, 0) is 19.6 Å². The molecule has 1 aromatic rings. The number of aliphatic hydroxyl groups excluding tert-OH is 1. The summed E-state index contributed by atoms with van der Waals surface area (Å²) >= 11 is 0. The van der Waals surface area contributed by atoms with E-state index in [-0.39, 0.29) is 42.2 Å². The first-order valence-electron chi connectivity index (χ1n) is 8.53. The molecule has 2 heterocycles. The van der Waals surface area contributed by atoms with Crippen molar-refractivity contribution in [3.05, 3.63) is 24.3 Å². The van der Waals surface area contributed by atoms with Gasteiger partial charge < -0.3 is 5.11 Å². The molecule has 2 aliphatic heterocycles. The van der Waals surface area contributed by atoms with Crippen LogP contribution >= 0.6 is 0 Å². The molecule has 0 spiro atoms. The van der Waals surface area contributed by atoms with Gasteiger partial charge in [0.25, 0.3) is 0 Å². The van der Waals surface area contributed by atoms with Gasteiger partial charge in [0.05, 0.1) is 10.6 Å². The monoisotopic (exact) mass is 366 g/mol. The van der Waals surface area contributed by atoms with Crippen LogP contribution in [0.25, 0.3) is 0 Å². The molecule has 2 fully saturated rings. The van der Waals surface area contributed by atoms with Crippen LogP contribution in [0.3, 0.4) is 0 Å². The number of benzene rings is 1. The lowest BCUT2D eigenvalue weighted by atomic mass is 10.0. The summed E-state index contributed by atoms with van der Waals surface area (Å²) in [4.78, 5) is 24.8. The molecule has 2 aliphatic rings. The Labute approximate surface area is 147 Å². The minimum absolute atomic E-state index is 0.0468. The van der Waals surface area contributed by atoms with Gasteiger partial charge >= 0.3 is 0 Å². The third-order valence-electron chi connectivity index (χ3n) is 4.79. The first-order valence-corrected chi connectivity index (χ1v) is 9.97. The highest BCUT2D eigenvalue weighted by Crippen LogP contribution is 2.29. The quantitative estimate of drug-likeness (QED) is 0.792. The number of sulfonamides is 1. The third-order valence-corrected chi connectivity index (χ3v) is 6.75.